The highest BCUT2D eigenvalue weighted by molar-refractivity contribution is 7.45. The van der Waals surface area contributed by atoms with E-state index >= 15 is 0 Å². The van der Waals surface area contributed by atoms with Gasteiger partial charge in [0.05, 0.1) is 39.9 Å². The Bertz CT molecular complexity index is 1190. The lowest BCUT2D eigenvalue weighted by atomic mass is 10.0. The molecule has 0 heterocycles. The lowest BCUT2D eigenvalue weighted by Gasteiger charge is -2.29. The van der Waals surface area contributed by atoms with Crippen LogP contribution in [0.1, 0.15) is 187 Å². The first kappa shape index (κ1) is 56.9. The Labute approximate surface area is 364 Å². The monoisotopic (exact) mass is 847 g/mol. The molecule has 0 aliphatic carbocycles. The largest absolute Gasteiger partial charge is 0.756 e. The molecule has 342 valence electrons. The summed E-state index contributed by atoms with van der Waals surface area (Å²) >= 11 is 0. The highest BCUT2D eigenvalue weighted by Gasteiger charge is 2.23. The number of quaternary nitrogens is 1. The molecule has 0 bridgehead atoms. The van der Waals surface area contributed by atoms with Gasteiger partial charge < -0.3 is 28.8 Å². The molecule has 0 aromatic carbocycles. The Morgan fingerprint density at radius 3 is 1.56 bits per heavy atom. The number of unbranched alkanes of at least 4 members (excludes halogenated alkanes) is 19. The average Bonchev–Trinajstić information content (AvgIpc) is 3.19. The summed E-state index contributed by atoms with van der Waals surface area (Å²) in [5.74, 6) is -0.289. The van der Waals surface area contributed by atoms with Crippen molar-refractivity contribution in [2.45, 2.75) is 199 Å². The van der Waals surface area contributed by atoms with E-state index in [1.165, 1.54) is 116 Å². The van der Waals surface area contributed by atoms with Crippen LogP contribution in [0.2, 0.25) is 0 Å². The lowest BCUT2D eigenvalue weighted by molar-refractivity contribution is -0.870. The van der Waals surface area contributed by atoms with Crippen molar-refractivity contribution in [2.24, 2.45) is 0 Å². The SMILES string of the molecule is CC/C=C\C/C=C\C/C=C\C/C=C\CCC(=O)NC(COP(=O)([O-])OCC[N+](C)(C)C)C(O)/C=C/CC/C=C/CCCCCCCCCCCCCCCCCCCC. The molecule has 0 saturated heterocycles. The van der Waals surface area contributed by atoms with E-state index in [9.17, 15) is 19.4 Å². The molecule has 3 atom stereocenters. The summed E-state index contributed by atoms with van der Waals surface area (Å²) in [7, 11) is 1.19. The van der Waals surface area contributed by atoms with Crippen molar-refractivity contribution in [1.29, 1.82) is 0 Å². The van der Waals surface area contributed by atoms with E-state index in [-0.39, 0.29) is 18.9 Å². The van der Waals surface area contributed by atoms with Crippen molar-refractivity contribution >= 4 is 13.7 Å². The molecule has 0 spiro atoms. The first-order valence-electron chi connectivity index (χ1n) is 23.8. The minimum Gasteiger partial charge on any atom is -0.756 e. The number of hydrogen-bond acceptors (Lipinski definition) is 6. The smallest absolute Gasteiger partial charge is 0.268 e. The molecule has 3 unspecified atom stereocenters. The molecule has 0 saturated carbocycles. The number of amides is 1. The second-order valence-corrected chi connectivity index (χ2v) is 18.5. The Hall–Kier alpha value is -2.06. The normalized spacial score (nSPS) is 14.9. The quantitative estimate of drug-likeness (QED) is 0.0274. The van der Waals surface area contributed by atoms with Crippen LogP contribution in [0.4, 0.5) is 0 Å². The van der Waals surface area contributed by atoms with Crippen LogP contribution in [-0.2, 0) is 18.4 Å². The predicted molar refractivity (Wildman–Crippen MR) is 251 cm³/mol. The van der Waals surface area contributed by atoms with Crippen LogP contribution in [-0.4, -0.2) is 68.5 Å². The molecule has 1 amide bonds. The number of carbonyl (C=O) groups is 1. The summed E-state index contributed by atoms with van der Waals surface area (Å²) in [5.41, 5.74) is 0. The molecule has 0 aromatic heterocycles. The van der Waals surface area contributed by atoms with Gasteiger partial charge in [-0.3, -0.25) is 9.36 Å². The van der Waals surface area contributed by atoms with Crippen molar-refractivity contribution in [1.82, 2.24) is 5.32 Å². The van der Waals surface area contributed by atoms with Crippen molar-refractivity contribution in [3.05, 3.63) is 72.9 Å². The van der Waals surface area contributed by atoms with Gasteiger partial charge in [-0.05, 0) is 57.8 Å². The Morgan fingerprint density at radius 2 is 1.05 bits per heavy atom. The van der Waals surface area contributed by atoms with Crippen molar-refractivity contribution < 1.29 is 32.9 Å². The second-order valence-electron chi connectivity index (χ2n) is 17.1. The number of carbonyl (C=O) groups excluding carboxylic acids is 1. The van der Waals surface area contributed by atoms with E-state index in [0.717, 1.165) is 44.9 Å². The van der Waals surface area contributed by atoms with Gasteiger partial charge >= 0.3 is 0 Å². The maximum absolute atomic E-state index is 12.8. The maximum atomic E-state index is 12.8. The van der Waals surface area contributed by atoms with E-state index < -0.39 is 26.6 Å². The molecule has 0 radical (unpaired) electrons. The zero-order valence-electron chi connectivity index (χ0n) is 38.7. The van der Waals surface area contributed by atoms with Gasteiger partial charge in [-0.1, -0.05) is 196 Å². The van der Waals surface area contributed by atoms with Crippen molar-refractivity contribution in [3.8, 4) is 0 Å². The van der Waals surface area contributed by atoms with Crippen LogP contribution in [0.25, 0.3) is 0 Å². The first-order chi connectivity index (χ1) is 28.5. The van der Waals surface area contributed by atoms with Crippen LogP contribution in [0, 0.1) is 0 Å². The van der Waals surface area contributed by atoms with E-state index in [2.05, 4.69) is 67.8 Å². The average molecular weight is 847 g/mol. The number of nitrogens with one attached hydrogen (secondary N) is 1. The number of hydrogen-bond donors (Lipinski definition) is 2. The fourth-order valence-corrected chi connectivity index (χ4v) is 7.14. The summed E-state index contributed by atoms with van der Waals surface area (Å²) in [6.45, 7) is 4.44. The highest BCUT2D eigenvalue weighted by Crippen LogP contribution is 2.38. The number of aliphatic hydroxyl groups excluding tert-OH is 1. The number of aliphatic hydroxyl groups is 1. The third kappa shape index (κ3) is 43.8. The van der Waals surface area contributed by atoms with Gasteiger partial charge in [-0.25, -0.2) is 0 Å². The number of allylic oxidation sites excluding steroid dienone is 11. The predicted octanol–water partition coefficient (Wildman–Crippen LogP) is 12.9. The lowest BCUT2D eigenvalue weighted by Crippen LogP contribution is -2.45. The Morgan fingerprint density at radius 1 is 0.610 bits per heavy atom. The topological polar surface area (TPSA) is 108 Å². The number of nitrogens with zero attached hydrogens (tertiary/aromatic N) is 1. The molecular formula is C50H91N2O6P. The summed E-state index contributed by atoms with van der Waals surface area (Å²) in [5, 5.41) is 13.7. The number of phosphoric acid groups is 1. The standard InChI is InChI=1S/C50H91N2O6P/c1-6-8-10-12-14-16-18-20-21-22-23-24-25-26-27-28-29-30-32-33-35-37-39-41-43-49(53)48(47-58-59(55,56)57-46-45-52(3,4)5)51-50(54)44-42-40-38-36-34-31-19-17-15-13-11-9-7-2/h9,11,15,17,31,33-35,38,40-41,43,48-49,53H,6-8,10,12-14,16,18-30,32,36-37,39,42,44-47H2,1-5H3,(H-,51,54,55,56)/b11-9-,17-15-,34-31-,35-33+,40-38-,43-41+. The van der Waals surface area contributed by atoms with Gasteiger partial charge in [0.25, 0.3) is 7.82 Å². The minimum absolute atomic E-state index is 0.0221. The molecule has 0 aliphatic rings. The third-order valence-electron chi connectivity index (χ3n) is 10.2. The second kappa shape index (κ2) is 41.3. The number of likely N-dealkylation sites (N-methyl/N-ethyl adjacent to an activating group) is 1. The number of phosphoric ester groups is 1. The molecule has 2 N–H and O–H groups in total. The molecule has 9 heteroatoms. The highest BCUT2D eigenvalue weighted by atomic mass is 31.2. The van der Waals surface area contributed by atoms with E-state index in [0.29, 0.717) is 17.4 Å². The Kier molecular flexibility index (Phi) is 39.9. The zero-order valence-corrected chi connectivity index (χ0v) is 39.6. The van der Waals surface area contributed by atoms with Crippen LogP contribution >= 0.6 is 7.82 Å². The van der Waals surface area contributed by atoms with Crippen molar-refractivity contribution in [3.63, 3.8) is 0 Å². The molecular weight excluding hydrogens is 756 g/mol. The van der Waals surface area contributed by atoms with Gasteiger partial charge in [-0.15, -0.1) is 0 Å². The fourth-order valence-electron chi connectivity index (χ4n) is 6.41. The maximum Gasteiger partial charge on any atom is 0.268 e. The summed E-state index contributed by atoms with van der Waals surface area (Å²) in [4.78, 5) is 25.2. The molecule has 0 rings (SSSR count). The van der Waals surface area contributed by atoms with E-state index in [4.69, 9.17) is 9.05 Å². The summed E-state index contributed by atoms with van der Waals surface area (Å²) < 4.78 is 23.1. The zero-order chi connectivity index (χ0) is 43.6. The van der Waals surface area contributed by atoms with E-state index in [1.54, 1.807) is 6.08 Å². The van der Waals surface area contributed by atoms with Crippen LogP contribution in [0.3, 0.4) is 0 Å². The molecule has 0 aliphatic heterocycles. The summed E-state index contributed by atoms with van der Waals surface area (Å²) in [6.07, 6.45) is 55.6. The number of rotatable bonds is 42. The van der Waals surface area contributed by atoms with Gasteiger partial charge in [-0.2, -0.15) is 0 Å². The molecule has 8 nitrogen and oxygen atoms in total. The molecule has 59 heavy (non-hydrogen) atoms. The van der Waals surface area contributed by atoms with Crippen molar-refractivity contribution in [2.75, 3.05) is 40.9 Å². The van der Waals surface area contributed by atoms with Crippen LogP contribution < -0.4 is 10.2 Å². The van der Waals surface area contributed by atoms with Gasteiger partial charge in [0.15, 0.2) is 0 Å². The fraction of sp³-hybridized carbons (Fsp3) is 0.740. The third-order valence-corrected chi connectivity index (χ3v) is 11.1. The van der Waals surface area contributed by atoms with Crippen LogP contribution in [0.15, 0.2) is 72.9 Å². The van der Waals surface area contributed by atoms with Gasteiger partial charge in [0, 0.05) is 6.42 Å². The summed E-state index contributed by atoms with van der Waals surface area (Å²) in [6, 6.07) is -0.944. The Balaban J connectivity index is 4.42. The van der Waals surface area contributed by atoms with E-state index in [1.807, 2.05) is 39.4 Å². The van der Waals surface area contributed by atoms with Crippen LogP contribution in [0.5, 0.6) is 0 Å². The molecule has 0 fully saturated rings. The minimum atomic E-state index is -4.62. The van der Waals surface area contributed by atoms with Gasteiger partial charge in [0.1, 0.15) is 13.2 Å². The molecule has 0 aromatic rings. The van der Waals surface area contributed by atoms with Gasteiger partial charge in [0.2, 0.25) is 5.91 Å². The first-order valence-corrected chi connectivity index (χ1v) is 25.3.